The maximum absolute atomic E-state index is 12.0. The molecule has 1 aromatic heterocycles. The van der Waals surface area contributed by atoms with Gasteiger partial charge in [-0.25, -0.2) is 4.98 Å². The number of hydrogen-bond donors (Lipinski definition) is 3. The van der Waals surface area contributed by atoms with Gasteiger partial charge in [0.25, 0.3) is 5.91 Å². The molecule has 0 saturated carbocycles. The molecule has 0 aliphatic carbocycles. The highest BCUT2D eigenvalue weighted by Crippen LogP contribution is 2.24. The maximum Gasteiger partial charge on any atom is 0.257 e. The van der Waals surface area contributed by atoms with Crippen molar-refractivity contribution in [2.24, 2.45) is 0 Å². The maximum atomic E-state index is 12.0. The highest BCUT2D eigenvalue weighted by Gasteiger charge is 2.11. The van der Waals surface area contributed by atoms with Gasteiger partial charge in [-0.15, -0.1) is 0 Å². The molecule has 5 nitrogen and oxygen atoms in total. The lowest BCUT2D eigenvalue weighted by molar-refractivity contribution is 0.102. The summed E-state index contributed by atoms with van der Waals surface area (Å²) in [7, 11) is 0. The van der Waals surface area contributed by atoms with Crippen molar-refractivity contribution in [1.29, 1.82) is 0 Å². The van der Waals surface area contributed by atoms with Crippen molar-refractivity contribution in [1.82, 2.24) is 4.98 Å². The second-order valence-electron chi connectivity index (χ2n) is 3.80. The molecule has 0 fully saturated rings. The van der Waals surface area contributed by atoms with E-state index in [0.717, 1.165) is 0 Å². The number of nitrogen functional groups attached to an aromatic ring is 2. The molecule has 0 aliphatic heterocycles. The van der Waals surface area contributed by atoms with Crippen LogP contribution in [0.15, 0.2) is 34.9 Å². The number of aromatic nitrogens is 1. The van der Waals surface area contributed by atoms with Gasteiger partial charge in [0.15, 0.2) is 0 Å². The molecule has 0 spiro atoms. The SMILES string of the molecule is Nc1ccc(C(=O)Nc2cnc(Cl)c(Br)c2)c(N)c1. The van der Waals surface area contributed by atoms with Gasteiger partial charge in [0.05, 0.1) is 21.9 Å². The Labute approximate surface area is 123 Å². The van der Waals surface area contributed by atoms with Crippen LogP contribution in [-0.4, -0.2) is 10.9 Å². The zero-order chi connectivity index (χ0) is 14.0. The van der Waals surface area contributed by atoms with Gasteiger partial charge in [0.2, 0.25) is 0 Å². The summed E-state index contributed by atoms with van der Waals surface area (Å²) in [6.07, 6.45) is 1.46. The van der Waals surface area contributed by atoms with Gasteiger partial charge in [-0.05, 0) is 40.2 Å². The van der Waals surface area contributed by atoms with Crippen LogP contribution in [-0.2, 0) is 0 Å². The van der Waals surface area contributed by atoms with Crippen molar-refractivity contribution < 1.29 is 4.79 Å². The molecule has 1 aromatic carbocycles. The molecule has 1 amide bonds. The number of nitrogens with zero attached hydrogens (tertiary/aromatic N) is 1. The van der Waals surface area contributed by atoms with E-state index in [1.807, 2.05) is 0 Å². The average molecular weight is 342 g/mol. The monoisotopic (exact) mass is 340 g/mol. The van der Waals surface area contributed by atoms with E-state index in [-0.39, 0.29) is 5.91 Å². The van der Waals surface area contributed by atoms with E-state index in [9.17, 15) is 4.79 Å². The van der Waals surface area contributed by atoms with Crippen molar-refractivity contribution in [2.75, 3.05) is 16.8 Å². The molecule has 5 N–H and O–H groups in total. The number of carbonyl (C=O) groups excluding carboxylic acids is 1. The zero-order valence-corrected chi connectivity index (χ0v) is 12.0. The summed E-state index contributed by atoms with van der Waals surface area (Å²) in [6, 6.07) is 6.37. The summed E-state index contributed by atoms with van der Waals surface area (Å²) in [5.74, 6) is -0.339. The van der Waals surface area contributed by atoms with Crippen LogP contribution in [0.3, 0.4) is 0 Å². The van der Waals surface area contributed by atoms with Crippen molar-refractivity contribution >= 4 is 50.5 Å². The van der Waals surface area contributed by atoms with Crippen LogP contribution in [0.5, 0.6) is 0 Å². The fourth-order valence-corrected chi connectivity index (χ4v) is 1.93. The Balaban J connectivity index is 2.23. The molecular formula is C12H10BrClN4O. The molecule has 0 saturated heterocycles. The van der Waals surface area contributed by atoms with Crippen molar-refractivity contribution in [2.45, 2.75) is 0 Å². The van der Waals surface area contributed by atoms with Gasteiger partial charge in [0.1, 0.15) is 5.15 Å². The quantitative estimate of drug-likeness (QED) is 0.578. The Bertz CT molecular complexity index is 648. The van der Waals surface area contributed by atoms with Crippen LogP contribution in [0, 0.1) is 0 Å². The standard InChI is InChI=1S/C12H10BrClN4O/c13-9-4-7(5-17-11(9)14)18-12(19)8-2-1-6(15)3-10(8)16/h1-5H,15-16H2,(H,18,19). The van der Waals surface area contributed by atoms with Crippen LogP contribution in [0.4, 0.5) is 17.1 Å². The average Bonchev–Trinajstić information content (AvgIpc) is 2.33. The Kier molecular flexibility index (Phi) is 3.92. The topological polar surface area (TPSA) is 94.0 Å². The predicted molar refractivity (Wildman–Crippen MR) is 80.2 cm³/mol. The number of pyridine rings is 1. The number of nitrogens with two attached hydrogens (primary N) is 2. The summed E-state index contributed by atoms with van der Waals surface area (Å²) in [6.45, 7) is 0. The zero-order valence-electron chi connectivity index (χ0n) is 9.65. The molecular weight excluding hydrogens is 332 g/mol. The van der Waals surface area contributed by atoms with E-state index in [0.29, 0.717) is 32.3 Å². The molecule has 0 aliphatic rings. The largest absolute Gasteiger partial charge is 0.399 e. The summed E-state index contributed by atoms with van der Waals surface area (Å²) in [5, 5.41) is 3.00. The molecule has 2 aromatic rings. The lowest BCUT2D eigenvalue weighted by atomic mass is 10.1. The van der Waals surface area contributed by atoms with Crippen molar-refractivity contribution in [3.05, 3.63) is 45.7 Å². The predicted octanol–water partition coefficient (Wildman–Crippen LogP) is 2.91. The van der Waals surface area contributed by atoms with Crippen LogP contribution in [0.2, 0.25) is 5.15 Å². The summed E-state index contributed by atoms with van der Waals surface area (Å²) < 4.78 is 0.595. The van der Waals surface area contributed by atoms with Crippen LogP contribution >= 0.6 is 27.5 Å². The smallest absolute Gasteiger partial charge is 0.257 e. The summed E-state index contributed by atoms with van der Waals surface area (Å²) in [5.41, 5.74) is 13.0. The van der Waals surface area contributed by atoms with Gasteiger partial charge < -0.3 is 16.8 Å². The number of rotatable bonds is 2. The number of anilines is 3. The Morgan fingerprint density at radius 3 is 2.68 bits per heavy atom. The number of benzene rings is 1. The highest BCUT2D eigenvalue weighted by atomic mass is 79.9. The number of nitrogens with one attached hydrogen (secondary N) is 1. The summed E-state index contributed by atoms with van der Waals surface area (Å²) in [4.78, 5) is 15.9. The first-order valence-electron chi connectivity index (χ1n) is 5.25. The first kappa shape index (κ1) is 13.6. The fraction of sp³-hybridized carbons (Fsp3) is 0. The molecule has 0 atom stereocenters. The molecule has 0 radical (unpaired) electrons. The first-order chi connectivity index (χ1) is 8.97. The van der Waals surface area contributed by atoms with E-state index >= 15 is 0 Å². The van der Waals surface area contributed by atoms with E-state index in [4.69, 9.17) is 23.1 Å². The highest BCUT2D eigenvalue weighted by molar-refractivity contribution is 9.10. The normalized spacial score (nSPS) is 10.2. The van der Waals surface area contributed by atoms with E-state index in [1.165, 1.54) is 12.3 Å². The molecule has 19 heavy (non-hydrogen) atoms. The molecule has 2 rings (SSSR count). The van der Waals surface area contributed by atoms with E-state index in [1.54, 1.807) is 18.2 Å². The minimum atomic E-state index is -0.339. The van der Waals surface area contributed by atoms with E-state index in [2.05, 4.69) is 26.2 Å². The van der Waals surface area contributed by atoms with Crippen LogP contribution < -0.4 is 16.8 Å². The molecule has 98 valence electrons. The fourth-order valence-electron chi connectivity index (χ4n) is 1.48. The van der Waals surface area contributed by atoms with Crippen molar-refractivity contribution in [3.8, 4) is 0 Å². The van der Waals surface area contributed by atoms with Gasteiger partial charge >= 0.3 is 0 Å². The second kappa shape index (κ2) is 5.46. The minimum Gasteiger partial charge on any atom is -0.399 e. The van der Waals surface area contributed by atoms with Crippen LogP contribution in [0.25, 0.3) is 0 Å². The molecule has 0 bridgehead atoms. The molecule has 7 heteroatoms. The Morgan fingerprint density at radius 2 is 2.05 bits per heavy atom. The van der Waals surface area contributed by atoms with Gasteiger partial charge in [0, 0.05) is 11.4 Å². The number of carbonyl (C=O) groups is 1. The number of halogens is 2. The third kappa shape index (κ3) is 3.15. The summed E-state index contributed by atoms with van der Waals surface area (Å²) >= 11 is 9.00. The molecule has 0 unspecified atom stereocenters. The van der Waals surface area contributed by atoms with Gasteiger partial charge in [-0.3, -0.25) is 4.79 Å². The Hall–Kier alpha value is -1.79. The third-order valence-corrected chi connectivity index (χ3v) is 3.51. The Morgan fingerprint density at radius 1 is 1.32 bits per heavy atom. The second-order valence-corrected chi connectivity index (χ2v) is 5.01. The number of hydrogen-bond acceptors (Lipinski definition) is 4. The lowest BCUT2D eigenvalue weighted by Gasteiger charge is -2.08. The van der Waals surface area contributed by atoms with Crippen molar-refractivity contribution in [3.63, 3.8) is 0 Å². The van der Waals surface area contributed by atoms with Gasteiger partial charge in [-0.1, -0.05) is 11.6 Å². The van der Waals surface area contributed by atoms with E-state index < -0.39 is 0 Å². The van der Waals surface area contributed by atoms with Crippen LogP contribution in [0.1, 0.15) is 10.4 Å². The first-order valence-corrected chi connectivity index (χ1v) is 6.42. The lowest BCUT2D eigenvalue weighted by Crippen LogP contribution is -2.14. The minimum absolute atomic E-state index is 0.318. The number of amides is 1. The molecule has 1 heterocycles. The van der Waals surface area contributed by atoms with Gasteiger partial charge in [-0.2, -0.15) is 0 Å². The third-order valence-electron chi connectivity index (χ3n) is 2.37.